The van der Waals surface area contributed by atoms with Crippen LogP contribution in [-0.4, -0.2) is 24.6 Å². The van der Waals surface area contributed by atoms with E-state index >= 15 is 0 Å². The molecule has 2 aromatic rings. The number of nitrogens with one attached hydrogen (secondary N) is 1. The van der Waals surface area contributed by atoms with E-state index in [-0.39, 0.29) is 5.88 Å². The van der Waals surface area contributed by atoms with E-state index in [1.807, 2.05) is 31.3 Å². The summed E-state index contributed by atoms with van der Waals surface area (Å²) in [6.07, 6.45) is 1.58. The highest BCUT2D eigenvalue weighted by atomic mass is 16.5. The lowest BCUT2D eigenvalue weighted by Gasteiger charge is -2.09. The summed E-state index contributed by atoms with van der Waals surface area (Å²) in [5, 5.41) is 3.08. The average Bonchev–Trinajstić information content (AvgIpc) is 2.50. The normalized spacial score (nSPS) is 10.2. The van der Waals surface area contributed by atoms with E-state index in [1.165, 1.54) is 0 Å². The zero-order chi connectivity index (χ0) is 15.1. The van der Waals surface area contributed by atoms with Gasteiger partial charge in [0, 0.05) is 12.7 Å². The maximum Gasteiger partial charge on any atom is 0.343 e. The summed E-state index contributed by atoms with van der Waals surface area (Å²) < 4.78 is 10.7. The lowest BCUT2D eigenvalue weighted by atomic mass is 10.2. The van der Waals surface area contributed by atoms with Gasteiger partial charge in [-0.1, -0.05) is 12.1 Å². The van der Waals surface area contributed by atoms with Crippen LogP contribution in [0.3, 0.4) is 0 Å². The quantitative estimate of drug-likeness (QED) is 0.827. The van der Waals surface area contributed by atoms with Crippen LogP contribution < -0.4 is 10.1 Å². The fraction of sp³-hybridized carbons (Fsp3) is 0.250. The molecule has 5 heteroatoms. The van der Waals surface area contributed by atoms with Crippen molar-refractivity contribution in [1.82, 2.24) is 10.3 Å². The standard InChI is InChI=1S/C16H18N2O3/c1-3-20-16(19)14-5-4-10-18-15(14)21-13-8-6-12(7-9-13)11-17-2/h4-10,17H,3,11H2,1-2H3. The Hall–Kier alpha value is -2.40. The summed E-state index contributed by atoms with van der Waals surface area (Å²) >= 11 is 0. The van der Waals surface area contributed by atoms with Crippen LogP contribution in [0.2, 0.25) is 0 Å². The summed E-state index contributed by atoms with van der Waals surface area (Å²) in [5.41, 5.74) is 1.47. The molecule has 5 nitrogen and oxygen atoms in total. The van der Waals surface area contributed by atoms with Gasteiger partial charge >= 0.3 is 5.97 Å². The van der Waals surface area contributed by atoms with Crippen molar-refractivity contribution in [2.24, 2.45) is 0 Å². The second-order valence-corrected chi connectivity index (χ2v) is 4.35. The van der Waals surface area contributed by atoms with Crippen LogP contribution in [0, 0.1) is 0 Å². The minimum absolute atomic E-state index is 0.248. The summed E-state index contributed by atoms with van der Waals surface area (Å²) in [5.74, 6) is 0.434. The first-order chi connectivity index (χ1) is 10.2. The maximum absolute atomic E-state index is 11.8. The van der Waals surface area contributed by atoms with Crippen LogP contribution in [-0.2, 0) is 11.3 Å². The number of esters is 1. The molecule has 0 unspecified atom stereocenters. The Kier molecular flexibility index (Phi) is 5.29. The van der Waals surface area contributed by atoms with Crippen molar-refractivity contribution in [3.05, 3.63) is 53.7 Å². The molecule has 0 radical (unpaired) electrons. The van der Waals surface area contributed by atoms with Crippen molar-refractivity contribution in [3.8, 4) is 11.6 Å². The number of nitrogens with zero attached hydrogens (tertiary/aromatic N) is 1. The highest BCUT2D eigenvalue weighted by Crippen LogP contribution is 2.23. The summed E-state index contributed by atoms with van der Waals surface area (Å²) in [6.45, 7) is 2.86. The zero-order valence-corrected chi connectivity index (χ0v) is 12.1. The first-order valence-corrected chi connectivity index (χ1v) is 6.78. The molecule has 1 heterocycles. The number of rotatable bonds is 6. The van der Waals surface area contributed by atoms with E-state index < -0.39 is 5.97 Å². The van der Waals surface area contributed by atoms with Gasteiger partial charge in [0.15, 0.2) is 0 Å². The first kappa shape index (κ1) is 15.0. The lowest BCUT2D eigenvalue weighted by Crippen LogP contribution is -2.07. The van der Waals surface area contributed by atoms with Gasteiger partial charge in [-0.2, -0.15) is 0 Å². The van der Waals surface area contributed by atoms with Gasteiger partial charge in [0.05, 0.1) is 6.61 Å². The van der Waals surface area contributed by atoms with Gasteiger partial charge in [-0.15, -0.1) is 0 Å². The second-order valence-electron chi connectivity index (χ2n) is 4.35. The van der Waals surface area contributed by atoms with Crippen molar-refractivity contribution in [2.75, 3.05) is 13.7 Å². The number of ether oxygens (including phenoxy) is 2. The minimum Gasteiger partial charge on any atom is -0.462 e. The van der Waals surface area contributed by atoms with Gasteiger partial charge in [0.2, 0.25) is 5.88 Å². The molecule has 0 saturated carbocycles. The molecule has 0 bridgehead atoms. The molecule has 1 N–H and O–H groups in total. The Balaban J connectivity index is 2.17. The van der Waals surface area contributed by atoms with Crippen molar-refractivity contribution >= 4 is 5.97 Å². The van der Waals surface area contributed by atoms with Crippen LogP contribution in [0.4, 0.5) is 0 Å². The molecule has 0 saturated heterocycles. The first-order valence-electron chi connectivity index (χ1n) is 6.78. The Morgan fingerprint density at radius 3 is 2.67 bits per heavy atom. The number of carbonyl (C=O) groups is 1. The molecule has 110 valence electrons. The number of hydrogen-bond donors (Lipinski definition) is 1. The average molecular weight is 286 g/mol. The van der Waals surface area contributed by atoms with Crippen molar-refractivity contribution in [2.45, 2.75) is 13.5 Å². The Labute approximate surface area is 123 Å². The van der Waals surface area contributed by atoms with Crippen LogP contribution in [0.15, 0.2) is 42.6 Å². The number of hydrogen-bond acceptors (Lipinski definition) is 5. The molecule has 0 spiro atoms. The summed E-state index contributed by atoms with van der Waals surface area (Å²) in [4.78, 5) is 15.9. The number of pyridine rings is 1. The van der Waals surface area contributed by atoms with E-state index in [0.717, 1.165) is 12.1 Å². The van der Waals surface area contributed by atoms with Crippen molar-refractivity contribution in [1.29, 1.82) is 0 Å². The molecule has 1 aromatic carbocycles. The van der Waals surface area contributed by atoms with E-state index in [1.54, 1.807) is 25.3 Å². The predicted octanol–water partition coefficient (Wildman–Crippen LogP) is 2.77. The van der Waals surface area contributed by atoms with E-state index in [9.17, 15) is 4.79 Å². The highest BCUT2D eigenvalue weighted by molar-refractivity contribution is 5.91. The van der Waals surface area contributed by atoms with Crippen molar-refractivity contribution < 1.29 is 14.3 Å². The molecule has 1 aromatic heterocycles. The third-order valence-corrected chi connectivity index (χ3v) is 2.79. The van der Waals surface area contributed by atoms with Gasteiger partial charge in [-0.25, -0.2) is 9.78 Å². The van der Waals surface area contributed by atoms with Crippen molar-refractivity contribution in [3.63, 3.8) is 0 Å². The molecule has 0 aliphatic rings. The Morgan fingerprint density at radius 1 is 1.24 bits per heavy atom. The fourth-order valence-electron chi connectivity index (χ4n) is 1.83. The van der Waals surface area contributed by atoms with E-state index in [0.29, 0.717) is 17.9 Å². The van der Waals surface area contributed by atoms with Crippen LogP contribution in [0.5, 0.6) is 11.6 Å². The molecule has 0 aliphatic carbocycles. The van der Waals surface area contributed by atoms with Gasteiger partial charge in [-0.3, -0.25) is 0 Å². The smallest absolute Gasteiger partial charge is 0.343 e. The second kappa shape index (κ2) is 7.40. The Bertz CT molecular complexity index is 597. The molecule has 0 atom stereocenters. The van der Waals surface area contributed by atoms with Gasteiger partial charge in [0.25, 0.3) is 0 Å². The van der Waals surface area contributed by atoms with Crippen LogP contribution in [0.25, 0.3) is 0 Å². The summed E-state index contributed by atoms with van der Waals surface area (Å²) in [7, 11) is 1.89. The molecule has 21 heavy (non-hydrogen) atoms. The Morgan fingerprint density at radius 2 is 2.00 bits per heavy atom. The molecule has 0 amide bonds. The molecule has 0 fully saturated rings. The largest absolute Gasteiger partial charge is 0.462 e. The monoisotopic (exact) mass is 286 g/mol. The third kappa shape index (κ3) is 4.03. The van der Waals surface area contributed by atoms with E-state index in [2.05, 4.69) is 10.3 Å². The van der Waals surface area contributed by atoms with Gasteiger partial charge in [-0.05, 0) is 43.8 Å². The highest BCUT2D eigenvalue weighted by Gasteiger charge is 2.15. The topological polar surface area (TPSA) is 60.5 Å². The fourth-order valence-corrected chi connectivity index (χ4v) is 1.83. The molecule has 2 rings (SSSR count). The maximum atomic E-state index is 11.8. The number of carbonyl (C=O) groups excluding carboxylic acids is 1. The molecular weight excluding hydrogens is 268 g/mol. The zero-order valence-electron chi connectivity index (χ0n) is 12.1. The predicted molar refractivity (Wildman–Crippen MR) is 79.5 cm³/mol. The molecule has 0 aliphatic heterocycles. The minimum atomic E-state index is -0.438. The number of benzene rings is 1. The van der Waals surface area contributed by atoms with Gasteiger partial charge < -0.3 is 14.8 Å². The SMILES string of the molecule is CCOC(=O)c1cccnc1Oc1ccc(CNC)cc1. The third-order valence-electron chi connectivity index (χ3n) is 2.79. The lowest BCUT2D eigenvalue weighted by molar-refractivity contribution is 0.0522. The van der Waals surface area contributed by atoms with Crippen LogP contribution in [0.1, 0.15) is 22.8 Å². The van der Waals surface area contributed by atoms with Gasteiger partial charge in [0.1, 0.15) is 11.3 Å². The molecular formula is C16H18N2O3. The van der Waals surface area contributed by atoms with Crippen LogP contribution >= 0.6 is 0 Å². The van der Waals surface area contributed by atoms with E-state index in [4.69, 9.17) is 9.47 Å². The summed E-state index contributed by atoms with van der Waals surface area (Å²) in [6, 6.07) is 10.9. The number of aromatic nitrogens is 1.